The van der Waals surface area contributed by atoms with E-state index in [1.807, 2.05) is 0 Å². The SMILES string of the molecule is COC[C@]12CCCN1C[C@H](OC(F)(F)F)C2. The van der Waals surface area contributed by atoms with Gasteiger partial charge in [-0.25, -0.2) is 0 Å². The molecular formula is C10H16F3NO2. The van der Waals surface area contributed by atoms with Crippen LogP contribution >= 0.6 is 0 Å². The van der Waals surface area contributed by atoms with E-state index < -0.39 is 12.5 Å². The zero-order valence-electron chi connectivity index (χ0n) is 9.22. The zero-order valence-corrected chi connectivity index (χ0v) is 9.22. The van der Waals surface area contributed by atoms with Crippen molar-refractivity contribution in [3.05, 3.63) is 0 Å². The summed E-state index contributed by atoms with van der Waals surface area (Å²) in [6.07, 6.45) is -2.92. The summed E-state index contributed by atoms with van der Waals surface area (Å²) < 4.78 is 45.6. The van der Waals surface area contributed by atoms with Gasteiger partial charge in [0, 0.05) is 19.2 Å². The lowest BCUT2D eigenvalue weighted by molar-refractivity contribution is -0.340. The van der Waals surface area contributed by atoms with E-state index in [1.54, 1.807) is 7.11 Å². The van der Waals surface area contributed by atoms with Gasteiger partial charge in [0.2, 0.25) is 0 Å². The summed E-state index contributed by atoms with van der Waals surface area (Å²) in [4.78, 5) is 2.08. The number of ether oxygens (including phenoxy) is 2. The van der Waals surface area contributed by atoms with Gasteiger partial charge in [0.1, 0.15) is 0 Å². The van der Waals surface area contributed by atoms with E-state index in [2.05, 4.69) is 9.64 Å². The van der Waals surface area contributed by atoms with Crippen LogP contribution in [-0.2, 0) is 9.47 Å². The van der Waals surface area contributed by atoms with Crippen LogP contribution in [0.2, 0.25) is 0 Å². The number of alkyl halides is 3. The summed E-state index contributed by atoms with van der Waals surface area (Å²) in [5.74, 6) is 0. The second kappa shape index (κ2) is 4.16. The van der Waals surface area contributed by atoms with E-state index in [9.17, 15) is 13.2 Å². The fourth-order valence-corrected chi connectivity index (χ4v) is 3.00. The second-order valence-electron chi connectivity index (χ2n) is 4.60. The average molecular weight is 239 g/mol. The molecule has 0 aliphatic carbocycles. The molecule has 94 valence electrons. The van der Waals surface area contributed by atoms with Gasteiger partial charge in [0.25, 0.3) is 0 Å². The van der Waals surface area contributed by atoms with Gasteiger partial charge in [0.15, 0.2) is 0 Å². The maximum absolute atomic E-state index is 12.1. The summed E-state index contributed by atoms with van der Waals surface area (Å²) in [6.45, 7) is 1.70. The molecule has 0 unspecified atom stereocenters. The van der Waals surface area contributed by atoms with Crippen LogP contribution in [0.4, 0.5) is 13.2 Å². The van der Waals surface area contributed by atoms with Crippen LogP contribution in [0.3, 0.4) is 0 Å². The lowest BCUT2D eigenvalue weighted by atomic mass is 9.94. The van der Waals surface area contributed by atoms with Gasteiger partial charge < -0.3 is 4.74 Å². The van der Waals surface area contributed by atoms with E-state index >= 15 is 0 Å². The highest BCUT2D eigenvalue weighted by molar-refractivity contribution is 5.03. The number of rotatable bonds is 3. The standard InChI is InChI=1S/C10H16F3NO2/c1-15-7-9-3-2-4-14(9)6-8(5-9)16-10(11,12)13/h8H,2-7H2,1H3/t8-,9-/m1/s1. The molecule has 0 radical (unpaired) electrons. The third-order valence-corrected chi connectivity index (χ3v) is 3.49. The predicted molar refractivity (Wildman–Crippen MR) is 51.0 cm³/mol. The van der Waals surface area contributed by atoms with E-state index in [-0.39, 0.29) is 5.54 Å². The van der Waals surface area contributed by atoms with Gasteiger partial charge in [-0.05, 0) is 25.8 Å². The Balaban J connectivity index is 1.99. The molecule has 0 aromatic heterocycles. The van der Waals surface area contributed by atoms with Crippen molar-refractivity contribution in [2.45, 2.75) is 37.3 Å². The number of hydrogen-bond donors (Lipinski definition) is 0. The highest BCUT2D eigenvalue weighted by atomic mass is 19.4. The summed E-state index contributed by atoms with van der Waals surface area (Å²) in [6, 6.07) is 0. The minimum absolute atomic E-state index is 0.218. The third kappa shape index (κ3) is 2.33. The Morgan fingerprint density at radius 2 is 2.19 bits per heavy atom. The first kappa shape index (κ1) is 12.1. The molecule has 0 N–H and O–H groups in total. The van der Waals surface area contributed by atoms with Crippen molar-refractivity contribution in [2.24, 2.45) is 0 Å². The van der Waals surface area contributed by atoms with Crippen LogP contribution in [0, 0.1) is 0 Å². The van der Waals surface area contributed by atoms with Crippen molar-refractivity contribution in [1.82, 2.24) is 4.90 Å². The van der Waals surface area contributed by atoms with Gasteiger partial charge in [0.05, 0.1) is 12.7 Å². The van der Waals surface area contributed by atoms with Crippen molar-refractivity contribution in [3.63, 3.8) is 0 Å². The van der Waals surface area contributed by atoms with Crippen molar-refractivity contribution in [1.29, 1.82) is 0 Å². The van der Waals surface area contributed by atoms with Gasteiger partial charge in [-0.3, -0.25) is 9.64 Å². The minimum Gasteiger partial charge on any atom is -0.383 e. The lowest BCUT2D eigenvalue weighted by Gasteiger charge is -2.30. The van der Waals surface area contributed by atoms with Crippen LogP contribution in [0.1, 0.15) is 19.3 Å². The van der Waals surface area contributed by atoms with Crippen LogP contribution in [0.5, 0.6) is 0 Å². The van der Waals surface area contributed by atoms with Crippen molar-refractivity contribution < 1.29 is 22.6 Å². The van der Waals surface area contributed by atoms with Crippen LogP contribution in [0.15, 0.2) is 0 Å². The fraction of sp³-hybridized carbons (Fsp3) is 1.00. The number of methoxy groups -OCH3 is 1. The maximum atomic E-state index is 12.1. The van der Waals surface area contributed by atoms with Crippen molar-refractivity contribution in [2.75, 3.05) is 26.8 Å². The molecule has 2 aliphatic rings. The highest BCUT2D eigenvalue weighted by Crippen LogP contribution is 2.41. The van der Waals surface area contributed by atoms with Gasteiger partial charge in [-0.15, -0.1) is 13.2 Å². The van der Waals surface area contributed by atoms with Gasteiger partial charge >= 0.3 is 6.36 Å². The van der Waals surface area contributed by atoms with E-state index in [4.69, 9.17) is 4.74 Å². The Morgan fingerprint density at radius 1 is 1.44 bits per heavy atom. The predicted octanol–water partition coefficient (Wildman–Crippen LogP) is 1.78. The normalized spacial score (nSPS) is 35.6. The Hall–Kier alpha value is -0.330. The smallest absolute Gasteiger partial charge is 0.383 e. The molecule has 2 atom stereocenters. The van der Waals surface area contributed by atoms with Gasteiger partial charge in [-0.1, -0.05) is 0 Å². The Morgan fingerprint density at radius 3 is 2.81 bits per heavy atom. The molecule has 2 heterocycles. The van der Waals surface area contributed by atoms with Crippen LogP contribution < -0.4 is 0 Å². The van der Waals surface area contributed by atoms with E-state index in [0.29, 0.717) is 19.6 Å². The number of nitrogens with zero attached hydrogens (tertiary/aromatic N) is 1. The Labute approximate surface area is 92.5 Å². The summed E-state index contributed by atoms with van der Waals surface area (Å²) in [5, 5.41) is 0. The third-order valence-electron chi connectivity index (χ3n) is 3.49. The van der Waals surface area contributed by atoms with E-state index in [0.717, 1.165) is 19.4 Å². The molecule has 6 heteroatoms. The average Bonchev–Trinajstić information content (AvgIpc) is 2.57. The second-order valence-corrected chi connectivity index (χ2v) is 4.60. The monoisotopic (exact) mass is 239 g/mol. The first-order valence-corrected chi connectivity index (χ1v) is 5.44. The van der Waals surface area contributed by atoms with Gasteiger partial charge in [-0.2, -0.15) is 0 Å². The molecule has 0 bridgehead atoms. The lowest BCUT2D eigenvalue weighted by Crippen LogP contribution is -2.42. The highest BCUT2D eigenvalue weighted by Gasteiger charge is 2.51. The van der Waals surface area contributed by atoms with Crippen LogP contribution in [0.25, 0.3) is 0 Å². The summed E-state index contributed by atoms with van der Waals surface area (Å²) in [7, 11) is 1.59. The molecule has 0 saturated carbocycles. The molecule has 2 fully saturated rings. The maximum Gasteiger partial charge on any atom is 0.522 e. The molecular weight excluding hydrogens is 223 g/mol. The fourth-order valence-electron chi connectivity index (χ4n) is 3.00. The number of fused-ring (bicyclic) bond motifs is 1. The molecule has 0 aromatic carbocycles. The molecule has 16 heavy (non-hydrogen) atoms. The zero-order chi connectivity index (χ0) is 11.8. The van der Waals surface area contributed by atoms with Crippen molar-refractivity contribution >= 4 is 0 Å². The quantitative estimate of drug-likeness (QED) is 0.749. The van der Waals surface area contributed by atoms with E-state index in [1.165, 1.54) is 0 Å². The Bertz CT molecular complexity index is 259. The minimum atomic E-state index is -4.53. The van der Waals surface area contributed by atoms with Crippen LogP contribution in [-0.4, -0.2) is 49.7 Å². The first-order chi connectivity index (χ1) is 7.45. The molecule has 2 rings (SSSR count). The summed E-state index contributed by atoms with van der Waals surface area (Å²) >= 11 is 0. The molecule has 0 aromatic rings. The largest absolute Gasteiger partial charge is 0.522 e. The molecule has 3 nitrogen and oxygen atoms in total. The molecule has 2 saturated heterocycles. The molecule has 2 aliphatic heterocycles. The molecule has 0 amide bonds. The molecule has 0 spiro atoms. The topological polar surface area (TPSA) is 21.7 Å². The Kier molecular flexibility index (Phi) is 3.16. The summed E-state index contributed by atoms with van der Waals surface area (Å²) in [5.41, 5.74) is -0.218. The number of halogens is 3. The first-order valence-electron chi connectivity index (χ1n) is 5.44. The van der Waals surface area contributed by atoms with Crippen molar-refractivity contribution in [3.8, 4) is 0 Å². The number of hydrogen-bond acceptors (Lipinski definition) is 3.